The molecule has 1 heterocycles. The normalized spacial score (nSPS) is 25.4. The molecule has 1 amide bonds. The van der Waals surface area contributed by atoms with E-state index in [2.05, 4.69) is 11.9 Å². The molecular weight excluding hydrogens is 402 g/mol. The van der Waals surface area contributed by atoms with E-state index in [0.29, 0.717) is 6.42 Å². The number of amides is 1. The van der Waals surface area contributed by atoms with Gasteiger partial charge < -0.3 is 29.0 Å². The van der Waals surface area contributed by atoms with Gasteiger partial charge in [-0.15, -0.1) is 6.58 Å². The first kappa shape index (κ1) is 25.1. The number of allylic oxidation sites excluding steroid dienone is 1. The topological polar surface area (TPSA) is 144 Å². The third-order valence-electron chi connectivity index (χ3n) is 3.87. The van der Waals surface area contributed by atoms with Crippen LogP contribution in [0, 0.1) is 0 Å². The van der Waals surface area contributed by atoms with Gasteiger partial charge in [0.25, 0.3) is 0 Å². The van der Waals surface area contributed by atoms with Crippen LogP contribution < -0.4 is 5.32 Å². The minimum Gasteiger partial charge on any atom is -0.463 e. The van der Waals surface area contributed by atoms with Crippen LogP contribution in [-0.4, -0.2) is 67.0 Å². The molecular formula is C19H27NO10. The first-order valence-corrected chi connectivity index (χ1v) is 9.25. The van der Waals surface area contributed by atoms with Crippen LogP contribution >= 0.6 is 0 Å². The van der Waals surface area contributed by atoms with Crippen LogP contribution in [0.3, 0.4) is 0 Å². The summed E-state index contributed by atoms with van der Waals surface area (Å²) < 4.78 is 26.4. The molecule has 1 saturated heterocycles. The molecule has 2 unspecified atom stereocenters. The first-order chi connectivity index (χ1) is 14.0. The number of rotatable bonds is 9. The molecule has 0 aromatic carbocycles. The number of hydrogen-bond donors (Lipinski definition) is 1. The number of carbonyl (C=O) groups is 5. The summed E-state index contributed by atoms with van der Waals surface area (Å²) in [5, 5.41) is 2.55. The fourth-order valence-electron chi connectivity index (χ4n) is 2.81. The average Bonchev–Trinajstić information content (AvgIpc) is 2.62. The first-order valence-electron chi connectivity index (χ1n) is 9.25. The highest BCUT2D eigenvalue weighted by molar-refractivity contribution is 5.76. The molecule has 0 bridgehead atoms. The van der Waals surface area contributed by atoms with Crippen LogP contribution in [0.25, 0.3) is 0 Å². The van der Waals surface area contributed by atoms with Crippen LogP contribution in [0.5, 0.6) is 0 Å². The fourth-order valence-corrected chi connectivity index (χ4v) is 2.81. The summed E-state index contributed by atoms with van der Waals surface area (Å²) in [6, 6.07) is 0. The third kappa shape index (κ3) is 8.19. The van der Waals surface area contributed by atoms with E-state index in [0.717, 1.165) is 20.8 Å². The zero-order valence-corrected chi connectivity index (χ0v) is 17.4. The number of carbonyl (C=O) groups excluding carboxylic acids is 5. The Labute approximate surface area is 174 Å². The van der Waals surface area contributed by atoms with Gasteiger partial charge in [0, 0.05) is 34.1 Å². The smallest absolute Gasteiger partial charge is 0.303 e. The largest absolute Gasteiger partial charge is 0.463 e. The van der Waals surface area contributed by atoms with Crippen LogP contribution in [0.15, 0.2) is 12.7 Å². The Morgan fingerprint density at radius 1 is 0.867 bits per heavy atom. The SMILES string of the molecule is C=CCCC(=O)N[C@@H]1OC(COC(C)=O)[C@@H](OC(C)=O)[C@H](OC(C)=O)C1OC(C)=O. The summed E-state index contributed by atoms with van der Waals surface area (Å²) in [6.07, 6.45) is -4.27. The molecule has 1 aliphatic heterocycles. The molecule has 11 heteroatoms. The van der Waals surface area contributed by atoms with Gasteiger partial charge in [0.2, 0.25) is 5.91 Å². The summed E-state index contributed by atoms with van der Waals surface area (Å²) in [5.74, 6) is -3.30. The number of esters is 4. The third-order valence-corrected chi connectivity index (χ3v) is 3.87. The maximum Gasteiger partial charge on any atom is 0.303 e. The number of hydrogen-bond acceptors (Lipinski definition) is 10. The Morgan fingerprint density at radius 3 is 1.90 bits per heavy atom. The summed E-state index contributed by atoms with van der Waals surface area (Å²) in [7, 11) is 0. The summed E-state index contributed by atoms with van der Waals surface area (Å²) in [6.45, 7) is 7.70. The van der Waals surface area contributed by atoms with Crippen LogP contribution in [0.4, 0.5) is 0 Å². The summed E-state index contributed by atoms with van der Waals surface area (Å²) in [4.78, 5) is 58.4. The van der Waals surface area contributed by atoms with E-state index >= 15 is 0 Å². The van der Waals surface area contributed by atoms with Gasteiger partial charge in [-0.25, -0.2) is 0 Å². The van der Waals surface area contributed by atoms with Crippen LogP contribution in [0.1, 0.15) is 40.5 Å². The van der Waals surface area contributed by atoms with E-state index < -0.39 is 60.4 Å². The maximum absolute atomic E-state index is 12.2. The summed E-state index contributed by atoms with van der Waals surface area (Å²) >= 11 is 0. The van der Waals surface area contributed by atoms with Crippen LogP contribution in [0.2, 0.25) is 0 Å². The molecule has 11 nitrogen and oxygen atoms in total. The van der Waals surface area contributed by atoms with E-state index in [1.54, 1.807) is 6.08 Å². The predicted octanol–water partition coefficient (Wildman–Crippen LogP) is 0.152. The molecule has 1 fully saturated rings. The second kappa shape index (κ2) is 11.9. The molecule has 0 spiro atoms. The Kier molecular flexibility index (Phi) is 9.96. The van der Waals surface area contributed by atoms with Crippen molar-refractivity contribution in [2.75, 3.05) is 6.61 Å². The molecule has 0 aromatic heterocycles. The molecule has 0 saturated carbocycles. The van der Waals surface area contributed by atoms with Crippen molar-refractivity contribution in [2.24, 2.45) is 0 Å². The molecule has 1 N–H and O–H groups in total. The molecule has 5 atom stereocenters. The van der Waals surface area contributed by atoms with E-state index in [1.165, 1.54) is 6.92 Å². The quantitative estimate of drug-likeness (QED) is 0.305. The molecule has 168 valence electrons. The Balaban J connectivity index is 3.28. The minimum atomic E-state index is -1.32. The fraction of sp³-hybridized carbons (Fsp3) is 0.632. The minimum absolute atomic E-state index is 0.0797. The van der Waals surface area contributed by atoms with Crippen molar-refractivity contribution in [1.29, 1.82) is 0 Å². The molecule has 0 aliphatic carbocycles. The zero-order valence-electron chi connectivity index (χ0n) is 17.4. The Morgan fingerprint density at radius 2 is 1.40 bits per heavy atom. The van der Waals surface area contributed by atoms with Crippen molar-refractivity contribution in [3.05, 3.63) is 12.7 Å². The summed E-state index contributed by atoms with van der Waals surface area (Å²) in [5.41, 5.74) is 0. The van der Waals surface area contributed by atoms with Crippen molar-refractivity contribution >= 4 is 29.8 Å². The van der Waals surface area contributed by atoms with E-state index in [4.69, 9.17) is 23.7 Å². The highest BCUT2D eigenvalue weighted by Crippen LogP contribution is 2.28. The lowest BCUT2D eigenvalue weighted by molar-refractivity contribution is -0.256. The molecule has 0 radical (unpaired) electrons. The van der Waals surface area contributed by atoms with Crippen molar-refractivity contribution < 1.29 is 47.7 Å². The van der Waals surface area contributed by atoms with Crippen LogP contribution in [-0.2, 0) is 47.7 Å². The highest BCUT2D eigenvalue weighted by Gasteiger charge is 2.52. The van der Waals surface area contributed by atoms with Gasteiger partial charge in [0.15, 0.2) is 24.5 Å². The number of ether oxygens (including phenoxy) is 5. The molecule has 1 aliphatic rings. The lowest BCUT2D eigenvalue weighted by Gasteiger charge is -2.44. The standard InChI is InChI=1S/C19H27NO10/c1-6-7-8-15(25)20-19-18(29-13(5)24)17(28-12(4)23)16(27-11(3)22)14(30-19)9-26-10(2)21/h6,14,16-19H,1,7-9H2,2-5H3,(H,20,25)/t14?,16-,17+,18?,19-/m1/s1. The molecule has 30 heavy (non-hydrogen) atoms. The molecule has 1 rings (SSSR count). The van der Waals surface area contributed by atoms with Gasteiger partial charge in [-0.2, -0.15) is 0 Å². The van der Waals surface area contributed by atoms with Gasteiger partial charge in [-0.1, -0.05) is 6.08 Å². The predicted molar refractivity (Wildman–Crippen MR) is 99.5 cm³/mol. The van der Waals surface area contributed by atoms with Gasteiger partial charge in [0.05, 0.1) is 0 Å². The lowest BCUT2D eigenvalue weighted by Crippen LogP contribution is -2.66. The highest BCUT2D eigenvalue weighted by atomic mass is 16.7. The Hall–Kier alpha value is -2.95. The van der Waals surface area contributed by atoms with E-state index in [1.807, 2.05) is 0 Å². The van der Waals surface area contributed by atoms with E-state index in [-0.39, 0.29) is 13.0 Å². The van der Waals surface area contributed by atoms with Gasteiger partial charge >= 0.3 is 23.9 Å². The van der Waals surface area contributed by atoms with E-state index in [9.17, 15) is 24.0 Å². The maximum atomic E-state index is 12.2. The van der Waals surface area contributed by atoms with Crippen molar-refractivity contribution in [3.8, 4) is 0 Å². The second-order valence-electron chi connectivity index (χ2n) is 6.51. The number of nitrogens with one attached hydrogen (secondary N) is 1. The molecule has 0 aromatic rings. The average molecular weight is 429 g/mol. The zero-order chi connectivity index (χ0) is 22.8. The lowest BCUT2D eigenvalue weighted by atomic mass is 9.97. The van der Waals surface area contributed by atoms with Gasteiger partial charge in [-0.05, 0) is 6.42 Å². The monoisotopic (exact) mass is 429 g/mol. The van der Waals surface area contributed by atoms with Gasteiger partial charge in [-0.3, -0.25) is 24.0 Å². The van der Waals surface area contributed by atoms with Crippen molar-refractivity contribution in [2.45, 2.75) is 71.2 Å². The Bertz CT molecular complexity index is 676. The van der Waals surface area contributed by atoms with Crippen molar-refractivity contribution in [1.82, 2.24) is 5.32 Å². The van der Waals surface area contributed by atoms with Gasteiger partial charge in [0.1, 0.15) is 12.7 Å². The second-order valence-corrected chi connectivity index (χ2v) is 6.51. The van der Waals surface area contributed by atoms with Crippen molar-refractivity contribution in [3.63, 3.8) is 0 Å².